The fourth-order valence-corrected chi connectivity index (χ4v) is 2.26. The standard InChI is InChI=1S/C14H20N4/c1-5-16-14(12-9-15-7-6-10(12)2)13-8-11(3)17-18(13)4/h6-9,14,16H,5H2,1-4H3. The highest BCUT2D eigenvalue weighted by Crippen LogP contribution is 2.24. The summed E-state index contributed by atoms with van der Waals surface area (Å²) < 4.78 is 1.94. The van der Waals surface area contributed by atoms with Crippen molar-refractivity contribution >= 4 is 0 Å². The molecule has 0 aliphatic carbocycles. The van der Waals surface area contributed by atoms with Gasteiger partial charge in [0.25, 0.3) is 0 Å². The maximum Gasteiger partial charge on any atom is 0.0765 e. The summed E-state index contributed by atoms with van der Waals surface area (Å²) in [7, 11) is 1.98. The van der Waals surface area contributed by atoms with Gasteiger partial charge in [-0.3, -0.25) is 9.67 Å². The predicted octanol–water partition coefficient (Wildman–Crippen LogP) is 2.13. The Hall–Kier alpha value is -1.68. The van der Waals surface area contributed by atoms with E-state index in [9.17, 15) is 0 Å². The molecule has 2 rings (SSSR count). The van der Waals surface area contributed by atoms with Crippen LogP contribution in [0.1, 0.15) is 35.5 Å². The molecule has 96 valence electrons. The summed E-state index contributed by atoms with van der Waals surface area (Å²) in [4.78, 5) is 4.24. The molecule has 0 fully saturated rings. The van der Waals surface area contributed by atoms with Gasteiger partial charge in [-0.2, -0.15) is 5.10 Å². The zero-order valence-corrected chi connectivity index (χ0v) is 11.4. The first-order valence-electron chi connectivity index (χ1n) is 6.28. The van der Waals surface area contributed by atoms with Crippen molar-refractivity contribution in [1.29, 1.82) is 0 Å². The smallest absolute Gasteiger partial charge is 0.0765 e. The van der Waals surface area contributed by atoms with E-state index in [2.05, 4.69) is 35.3 Å². The molecular formula is C14H20N4. The van der Waals surface area contributed by atoms with Gasteiger partial charge < -0.3 is 5.32 Å². The molecular weight excluding hydrogens is 224 g/mol. The van der Waals surface area contributed by atoms with Crippen LogP contribution in [0, 0.1) is 13.8 Å². The van der Waals surface area contributed by atoms with Crippen LogP contribution in [0.3, 0.4) is 0 Å². The molecule has 4 heteroatoms. The number of aromatic nitrogens is 3. The predicted molar refractivity (Wildman–Crippen MR) is 72.4 cm³/mol. The molecule has 0 bridgehead atoms. The minimum Gasteiger partial charge on any atom is -0.305 e. The highest BCUT2D eigenvalue weighted by Gasteiger charge is 2.19. The van der Waals surface area contributed by atoms with Crippen LogP contribution in [0.2, 0.25) is 0 Å². The van der Waals surface area contributed by atoms with E-state index >= 15 is 0 Å². The Bertz CT molecular complexity index is 530. The van der Waals surface area contributed by atoms with Gasteiger partial charge in [0.15, 0.2) is 0 Å². The van der Waals surface area contributed by atoms with E-state index in [1.54, 1.807) is 0 Å². The van der Waals surface area contributed by atoms with E-state index < -0.39 is 0 Å². The molecule has 1 unspecified atom stereocenters. The van der Waals surface area contributed by atoms with E-state index in [1.165, 1.54) is 16.8 Å². The van der Waals surface area contributed by atoms with Gasteiger partial charge in [0.2, 0.25) is 0 Å². The molecule has 18 heavy (non-hydrogen) atoms. The molecule has 0 aliphatic rings. The lowest BCUT2D eigenvalue weighted by atomic mass is 10.0. The Morgan fingerprint density at radius 1 is 1.39 bits per heavy atom. The maximum absolute atomic E-state index is 4.43. The summed E-state index contributed by atoms with van der Waals surface area (Å²) in [5.74, 6) is 0. The lowest BCUT2D eigenvalue weighted by Crippen LogP contribution is -2.25. The highest BCUT2D eigenvalue weighted by atomic mass is 15.3. The summed E-state index contributed by atoms with van der Waals surface area (Å²) in [6.45, 7) is 7.15. The molecule has 0 saturated heterocycles. The molecule has 0 saturated carbocycles. The normalized spacial score (nSPS) is 12.7. The van der Waals surface area contributed by atoms with Gasteiger partial charge in [-0.1, -0.05) is 6.92 Å². The van der Waals surface area contributed by atoms with Crippen LogP contribution in [0.25, 0.3) is 0 Å². The third-order valence-corrected chi connectivity index (χ3v) is 3.13. The third kappa shape index (κ3) is 2.43. The van der Waals surface area contributed by atoms with Crippen molar-refractivity contribution in [3.8, 4) is 0 Å². The zero-order chi connectivity index (χ0) is 13.1. The minimum atomic E-state index is 0.148. The monoisotopic (exact) mass is 244 g/mol. The second-order valence-corrected chi connectivity index (χ2v) is 4.56. The van der Waals surface area contributed by atoms with Crippen LogP contribution in [-0.2, 0) is 7.05 Å². The van der Waals surface area contributed by atoms with E-state index in [0.717, 1.165) is 12.2 Å². The Balaban J connectivity index is 2.46. The maximum atomic E-state index is 4.43. The first-order valence-corrected chi connectivity index (χ1v) is 6.28. The van der Waals surface area contributed by atoms with E-state index in [1.807, 2.05) is 37.1 Å². The quantitative estimate of drug-likeness (QED) is 0.896. The Morgan fingerprint density at radius 3 is 2.72 bits per heavy atom. The number of rotatable bonds is 4. The number of nitrogens with one attached hydrogen (secondary N) is 1. The molecule has 1 N–H and O–H groups in total. The van der Waals surface area contributed by atoms with Crippen LogP contribution < -0.4 is 5.32 Å². The highest BCUT2D eigenvalue weighted by molar-refractivity contribution is 5.32. The number of hydrogen-bond donors (Lipinski definition) is 1. The molecule has 0 radical (unpaired) electrons. The number of pyridine rings is 1. The van der Waals surface area contributed by atoms with Crippen LogP contribution >= 0.6 is 0 Å². The van der Waals surface area contributed by atoms with Crippen molar-refractivity contribution in [3.63, 3.8) is 0 Å². The first-order chi connectivity index (χ1) is 8.63. The van der Waals surface area contributed by atoms with Gasteiger partial charge in [0.1, 0.15) is 0 Å². The van der Waals surface area contributed by atoms with Crippen molar-refractivity contribution in [2.45, 2.75) is 26.8 Å². The Morgan fingerprint density at radius 2 is 2.17 bits per heavy atom. The van der Waals surface area contributed by atoms with Gasteiger partial charge >= 0.3 is 0 Å². The van der Waals surface area contributed by atoms with Gasteiger partial charge in [-0.25, -0.2) is 0 Å². The summed E-state index contributed by atoms with van der Waals surface area (Å²) >= 11 is 0. The molecule has 0 spiro atoms. The molecule has 1 atom stereocenters. The van der Waals surface area contributed by atoms with Gasteiger partial charge in [0.05, 0.1) is 17.4 Å². The number of aryl methyl sites for hydroxylation is 3. The van der Waals surface area contributed by atoms with E-state index in [0.29, 0.717) is 0 Å². The van der Waals surface area contributed by atoms with Crippen LogP contribution in [0.15, 0.2) is 24.5 Å². The van der Waals surface area contributed by atoms with Crippen LogP contribution in [0.5, 0.6) is 0 Å². The second kappa shape index (κ2) is 5.31. The van der Waals surface area contributed by atoms with E-state index in [-0.39, 0.29) is 6.04 Å². The topological polar surface area (TPSA) is 42.7 Å². The molecule has 0 aliphatic heterocycles. The summed E-state index contributed by atoms with van der Waals surface area (Å²) in [6.07, 6.45) is 3.77. The molecule has 0 amide bonds. The molecule has 2 heterocycles. The molecule has 2 aromatic heterocycles. The van der Waals surface area contributed by atoms with Crippen molar-refractivity contribution in [3.05, 3.63) is 47.0 Å². The fourth-order valence-electron chi connectivity index (χ4n) is 2.26. The van der Waals surface area contributed by atoms with Gasteiger partial charge in [-0.15, -0.1) is 0 Å². The lowest BCUT2D eigenvalue weighted by molar-refractivity contribution is 0.568. The van der Waals surface area contributed by atoms with Crippen molar-refractivity contribution in [1.82, 2.24) is 20.1 Å². The van der Waals surface area contributed by atoms with Crippen LogP contribution in [-0.4, -0.2) is 21.3 Å². The number of nitrogens with zero attached hydrogens (tertiary/aromatic N) is 3. The number of hydrogen-bond acceptors (Lipinski definition) is 3. The largest absolute Gasteiger partial charge is 0.305 e. The van der Waals surface area contributed by atoms with Crippen molar-refractivity contribution < 1.29 is 0 Å². The fraction of sp³-hybridized carbons (Fsp3) is 0.429. The first kappa shape index (κ1) is 12.8. The average molecular weight is 244 g/mol. The zero-order valence-electron chi connectivity index (χ0n) is 11.4. The molecule has 0 aromatic carbocycles. The van der Waals surface area contributed by atoms with Crippen LogP contribution in [0.4, 0.5) is 0 Å². The van der Waals surface area contributed by atoms with Gasteiger partial charge in [0, 0.05) is 19.4 Å². The Labute approximate surface area is 108 Å². The summed E-state index contributed by atoms with van der Waals surface area (Å²) in [5.41, 5.74) is 4.67. The lowest BCUT2D eigenvalue weighted by Gasteiger charge is -2.20. The van der Waals surface area contributed by atoms with Gasteiger partial charge in [-0.05, 0) is 43.7 Å². The molecule has 2 aromatic rings. The summed E-state index contributed by atoms with van der Waals surface area (Å²) in [6, 6.07) is 4.32. The second-order valence-electron chi connectivity index (χ2n) is 4.56. The molecule has 4 nitrogen and oxygen atoms in total. The van der Waals surface area contributed by atoms with Crippen molar-refractivity contribution in [2.24, 2.45) is 7.05 Å². The minimum absolute atomic E-state index is 0.148. The SMILES string of the molecule is CCNC(c1cnccc1C)c1cc(C)nn1C. The summed E-state index contributed by atoms with van der Waals surface area (Å²) in [5, 5.41) is 7.93. The average Bonchev–Trinajstić information content (AvgIpc) is 2.66. The Kier molecular flexibility index (Phi) is 3.77. The van der Waals surface area contributed by atoms with Crippen molar-refractivity contribution in [2.75, 3.05) is 6.54 Å². The van der Waals surface area contributed by atoms with E-state index in [4.69, 9.17) is 0 Å². The third-order valence-electron chi connectivity index (χ3n) is 3.13.